The standard InChI is InChI=1S/C16H27NO/c1-3-5-6-12(4-2)11-17-16(18)15-10-13-7-8-14(15)9-13/h7-8,12-15H,3-6,9-11H2,1-2H3,(H,17,18). The molecular weight excluding hydrogens is 222 g/mol. The average molecular weight is 249 g/mol. The van der Waals surface area contributed by atoms with Crippen LogP contribution in [0.4, 0.5) is 0 Å². The van der Waals surface area contributed by atoms with E-state index < -0.39 is 0 Å². The second-order valence-corrected chi connectivity index (χ2v) is 6.05. The summed E-state index contributed by atoms with van der Waals surface area (Å²) in [5.41, 5.74) is 0. The molecule has 4 unspecified atom stereocenters. The topological polar surface area (TPSA) is 29.1 Å². The molecule has 1 N–H and O–H groups in total. The Kier molecular flexibility index (Phi) is 4.85. The molecule has 0 saturated heterocycles. The van der Waals surface area contributed by atoms with Gasteiger partial charge in [-0.05, 0) is 37.0 Å². The van der Waals surface area contributed by atoms with Gasteiger partial charge in [0.25, 0.3) is 0 Å². The van der Waals surface area contributed by atoms with Gasteiger partial charge in [-0.25, -0.2) is 0 Å². The van der Waals surface area contributed by atoms with E-state index in [1.165, 1.54) is 32.1 Å². The Morgan fingerprint density at radius 3 is 2.72 bits per heavy atom. The molecule has 0 aromatic rings. The monoisotopic (exact) mass is 249 g/mol. The maximum atomic E-state index is 12.2. The molecule has 2 aliphatic rings. The van der Waals surface area contributed by atoms with Gasteiger partial charge in [-0.1, -0.05) is 45.3 Å². The maximum Gasteiger partial charge on any atom is 0.223 e. The molecule has 4 atom stereocenters. The zero-order valence-corrected chi connectivity index (χ0v) is 11.8. The average Bonchev–Trinajstić information content (AvgIpc) is 3.01. The van der Waals surface area contributed by atoms with Crippen LogP contribution in [0.1, 0.15) is 52.4 Å². The van der Waals surface area contributed by atoms with E-state index in [0.29, 0.717) is 23.7 Å². The molecule has 1 saturated carbocycles. The summed E-state index contributed by atoms with van der Waals surface area (Å²) in [5, 5.41) is 3.20. The fourth-order valence-electron chi connectivity index (χ4n) is 3.40. The summed E-state index contributed by atoms with van der Waals surface area (Å²) >= 11 is 0. The van der Waals surface area contributed by atoms with E-state index in [4.69, 9.17) is 0 Å². The first-order chi connectivity index (χ1) is 8.74. The van der Waals surface area contributed by atoms with Crippen LogP contribution in [0.3, 0.4) is 0 Å². The van der Waals surface area contributed by atoms with Crippen LogP contribution >= 0.6 is 0 Å². The van der Waals surface area contributed by atoms with Crippen LogP contribution in [0.2, 0.25) is 0 Å². The summed E-state index contributed by atoms with van der Waals surface area (Å²) in [6.45, 7) is 5.34. The summed E-state index contributed by atoms with van der Waals surface area (Å²) in [5.74, 6) is 2.46. The van der Waals surface area contributed by atoms with Crippen molar-refractivity contribution in [3.63, 3.8) is 0 Å². The van der Waals surface area contributed by atoms with Crippen LogP contribution in [0.15, 0.2) is 12.2 Å². The molecule has 0 spiro atoms. The number of unbranched alkanes of at least 4 members (excludes halogenated alkanes) is 1. The third-order valence-corrected chi connectivity index (χ3v) is 4.72. The Balaban J connectivity index is 1.72. The molecule has 0 aromatic carbocycles. The predicted molar refractivity (Wildman–Crippen MR) is 75.2 cm³/mol. The van der Waals surface area contributed by atoms with Crippen molar-refractivity contribution in [2.45, 2.75) is 52.4 Å². The highest BCUT2D eigenvalue weighted by molar-refractivity contribution is 5.79. The molecule has 2 heteroatoms. The largest absolute Gasteiger partial charge is 0.356 e. The normalized spacial score (nSPS) is 30.7. The number of hydrogen-bond acceptors (Lipinski definition) is 1. The maximum absolute atomic E-state index is 12.2. The Labute approximate surface area is 111 Å². The van der Waals surface area contributed by atoms with E-state index in [-0.39, 0.29) is 5.92 Å². The number of carbonyl (C=O) groups excluding carboxylic acids is 1. The van der Waals surface area contributed by atoms with E-state index >= 15 is 0 Å². The van der Waals surface area contributed by atoms with Crippen molar-refractivity contribution in [1.29, 1.82) is 0 Å². The number of amides is 1. The predicted octanol–water partition coefficient (Wildman–Crippen LogP) is 3.53. The number of fused-ring (bicyclic) bond motifs is 2. The molecule has 1 fully saturated rings. The van der Waals surface area contributed by atoms with E-state index in [1.807, 2.05) is 0 Å². The second-order valence-electron chi connectivity index (χ2n) is 6.05. The quantitative estimate of drug-likeness (QED) is 0.687. The number of rotatable bonds is 7. The van der Waals surface area contributed by atoms with Gasteiger partial charge in [-0.3, -0.25) is 4.79 Å². The lowest BCUT2D eigenvalue weighted by atomic mass is 9.92. The first kappa shape index (κ1) is 13.6. The molecular formula is C16H27NO. The lowest BCUT2D eigenvalue weighted by Gasteiger charge is -2.20. The summed E-state index contributed by atoms with van der Waals surface area (Å²) in [6, 6.07) is 0. The SMILES string of the molecule is CCCCC(CC)CNC(=O)C1CC2C=CC1C2. The number of allylic oxidation sites excluding steroid dienone is 2. The Hall–Kier alpha value is -0.790. The summed E-state index contributed by atoms with van der Waals surface area (Å²) in [7, 11) is 0. The second kappa shape index (κ2) is 6.40. The molecule has 102 valence electrons. The summed E-state index contributed by atoms with van der Waals surface area (Å²) in [6.07, 6.45) is 11.8. The summed E-state index contributed by atoms with van der Waals surface area (Å²) < 4.78 is 0. The Bertz CT molecular complexity index is 310. The Morgan fingerprint density at radius 2 is 2.17 bits per heavy atom. The highest BCUT2D eigenvalue weighted by Gasteiger charge is 2.39. The first-order valence-corrected chi connectivity index (χ1v) is 7.70. The van der Waals surface area contributed by atoms with Gasteiger partial charge >= 0.3 is 0 Å². The number of hydrogen-bond donors (Lipinski definition) is 1. The zero-order valence-electron chi connectivity index (χ0n) is 11.8. The molecule has 2 bridgehead atoms. The lowest BCUT2D eigenvalue weighted by Crippen LogP contribution is -2.36. The fourth-order valence-corrected chi connectivity index (χ4v) is 3.40. The molecule has 2 aliphatic carbocycles. The van der Waals surface area contributed by atoms with Gasteiger partial charge in [0.15, 0.2) is 0 Å². The van der Waals surface area contributed by atoms with Crippen LogP contribution in [-0.2, 0) is 4.79 Å². The fraction of sp³-hybridized carbons (Fsp3) is 0.812. The van der Waals surface area contributed by atoms with E-state index in [0.717, 1.165) is 13.0 Å². The zero-order chi connectivity index (χ0) is 13.0. The van der Waals surface area contributed by atoms with Crippen molar-refractivity contribution in [2.24, 2.45) is 23.7 Å². The molecule has 2 nitrogen and oxygen atoms in total. The van der Waals surface area contributed by atoms with Crippen LogP contribution in [0.25, 0.3) is 0 Å². The van der Waals surface area contributed by atoms with Crippen molar-refractivity contribution >= 4 is 5.91 Å². The highest BCUT2D eigenvalue weighted by Crippen LogP contribution is 2.43. The van der Waals surface area contributed by atoms with E-state index in [2.05, 4.69) is 31.3 Å². The van der Waals surface area contributed by atoms with Gasteiger partial charge in [-0.2, -0.15) is 0 Å². The molecule has 18 heavy (non-hydrogen) atoms. The van der Waals surface area contributed by atoms with Gasteiger partial charge < -0.3 is 5.32 Å². The van der Waals surface area contributed by atoms with Gasteiger partial charge in [-0.15, -0.1) is 0 Å². The van der Waals surface area contributed by atoms with Gasteiger partial charge in [0.05, 0.1) is 0 Å². The summed E-state index contributed by atoms with van der Waals surface area (Å²) in [4.78, 5) is 12.2. The van der Waals surface area contributed by atoms with Gasteiger partial charge in [0, 0.05) is 12.5 Å². The van der Waals surface area contributed by atoms with Crippen molar-refractivity contribution in [2.75, 3.05) is 6.54 Å². The van der Waals surface area contributed by atoms with E-state index in [9.17, 15) is 4.79 Å². The number of carbonyl (C=O) groups is 1. The van der Waals surface area contributed by atoms with Crippen molar-refractivity contribution in [3.05, 3.63) is 12.2 Å². The Morgan fingerprint density at radius 1 is 1.33 bits per heavy atom. The van der Waals surface area contributed by atoms with Crippen molar-refractivity contribution in [3.8, 4) is 0 Å². The molecule has 0 aliphatic heterocycles. The highest BCUT2D eigenvalue weighted by atomic mass is 16.1. The third-order valence-electron chi connectivity index (χ3n) is 4.72. The minimum atomic E-state index is 0.267. The number of nitrogens with one attached hydrogen (secondary N) is 1. The first-order valence-electron chi connectivity index (χ1n) is 7.70. The van der Waals surface area contributed by atoms with E-state index in [1.54, 1.807) is 0 Å². The van der Waals surface area contributed by atoms with Crippen LogP contribution in [0, 0.1) is 23.7 Å². The third kappa shape index (κ3) is 3.15. The van der Waals surface area contributed by atoms with Crippen LogP contribution < -0.4 is 5.32 Å². The van der Waals surface area contributed by atoms with Crippen LogP contribution in [-0.4, -0.2) is 12.5 Å². The molecule has 0 radical (unpaired) electrons. The lowest BCUT2D eigenvalue weighted by molar-refractivity contribution is -0.125. The van der Waals surface area contributed by atoms with Gasteiger partial charge in [0.2, 0.25) is 5.91 Å². The minimum Gasteiger partial charge on any atom is -0.356 e. The molecule has 0 aromatic heterocycles. The van der Waals surface area contributed by atoms with Gasteiger partial charge in [0.1, 0.15) is 0 Å². The molecule has 2 rings (SSSR count). The minimum absolute atomic E-state index is 0.267. The smallest absolute Gasteiger partial charge is 0.223 e. The van der Waals surface area contributed by atoms with Crippen LogP contribution in [0.5, 0.6) is 0 Å². The molecule has 1 amide bonds. The van der Waals surface area contributed by atoms with Crippen molar-refractivity contribution in [1.82, 2.24) is 5.32 Å². The van der Waals surface area contributed by atoms with Crippen molar-refractivity contribution < 1.29 is 4.79 Å². The molecule has 0 heterocycles.